The summed E-state index contributed by atoms with van der Waals surface area (Å²) < 4.78 is 2.23. The molecular weight excluding hydrogens is 338 g/mol. The lowest BCUT2D eigenvalue weighted by atomic mass is 10.1. The van der Waals surface area contributed by atoms with Crippen LogP contribution in [0.5, 0.6) is 0 Å². The molecule has 1 amide bonds. The van der Waals surface area contributed by atoms with E-state index in [1.807, 2.05) is 50.2 Å². The zero-order valence-electron chi connectivity index (χ0n) is 13.3. The van der Waals surface area contributed by atoms with E-state index in [2.05, 4.69) is 15.3 Å². The van der Waals surface area contributed by atoms with E-state index >= 15 is 0 Å². The molecule has 0 unspecified atom stereocenters. The predicted molar refractivity (Wildman–Crippen MR) is 101 cm³/mol. The molecule has 0 saturated carbocycles. The Labute approximate surface area is 147 Å². The first-order chi connectivity index (χ1) is 11.6. The molecule has 0 aliphatic rings. The molecule has 0 saturated heterocycles. The van der Waals surface area contributed by atoms with Gasteiger partial charge in [0.15, 0.2) is 5.13 Å². The Morgan fingerprint density at radius 3 is 2.58 bits per heavy atom. The second kappa shape index (κ2) is 5.96. The summed E-state index contributed by atoms with van der Waals surface area (Å²) in [6.07, 6.45) is 0.354. The van der Waals surface area contributed by atoms with Crippen molar-refractivity contribution in [1.82, 2.24) is 9.97 Å². The lowest BCUT2D eigenvalue weighted by Crippen LogP contribution is -2.14. The van der Waals surface area contributed by atoms with E-state index in [4.69, 9.17) is 0 Å². The van der Waals surface area contributed by atoms with Crippen LogP contribution in [0.25, 0.3) is 20.4 Å². The Kier molecular flexibility index (Phi) is 3.78. The van der Waals surface area contributed by atoms with Crippen molar-refractivity contribution >= 4 is 54.1 Å². The number of aryl methyl sites for hydroxylation is 2. The van der Waals surface area contributed by atoms with Crippen LogP contribution in [0.3, 0.4) is 0 Å². The zero-order valence-corrected chi connectivity index (χ0v) is 14.9. The molecule has 4 rings (SSSR count). The number of thiazole rings is 2. The molecule has 0 spiro atoms. The lowest BCUT2D eigenvalue weighted by Gasteiger charge is -2.02. The van der Waals surface area contributed by atoms with Crippen LogP contribution < -0.4 is 5.32 Å². The molecule has 0 atom stereocenters. The largest absolute Gasteiger partial charge is 0.302 e. The summed E-state index contributed by atoms with van der Waals surface area (Å²) in [6.45, 7) is 4.03. The van der Waals surface area contributed by atoms with Gasteiger partial charge in [0.2, 0.25) is 5.91 Å². The predicted octanol–water partition coefficient (Wildman–Crippen LogP) is 4.70. The van der Waals surface area contributed by atoms with Gasteiger partial charge in [0.05, 0.1) is 31.9 Å². The van der Waals surface area contributed by atoms with Crippen LogP contribution >= 0.6 is 22.7 Å². The van der Waals surface area contributed by atoms with Gasteiger partial charge in [-0.3, -0.25) is 4.79 Å². The first kappa shape index (κ1) is 15.2. The summed E-state index contributed by atoms with van der Waals surface area (Å²) in [5, 5.41) is 4.60. The Balaban J connectivity index is 1.60. The zero-order chi connectivity index (χ0) is 16.7. The fraction of sp³-hybridized carbons (Fsp3) is 0.167. The van der Waals surface area contributed by atoms with Gasteiger partial charge in [0, 0.05) is 0 Å². The third-order valence-corrected chi connectivity index (χ3v) is 5.85. The maximum Gasteiger partial charge on any atom is 0.230 e. The Bertz CT molecular complexity index is 1060. The minimum atomic E-state index is -0.0450. The lowest BCUT2D eigenvalue weighted by molar-refractivity contribution is -0.115. The molecule has 4 nitrogen and oxygen atoms in total. The highest BCUT2D eigenvalue weighted by atomic mass is 32.1. The van der Waals surface area contributed by atoms with E-state index in [0.29, 0.717) is 11.6 Å². The molecular formula is C18H15N3OS2. The highest BCUT2D eigenvalue weighted by molar-refractivity contribution is 7.28. The van der Waals surface area contributed by atoms with Crippen LogP contribution in [0.2, 0.25) is 0 Å². The number of fused-ring (bicyclic) bond motifs is 3. The number of hydrogen-bond donors (Lipinski definition) is 1. The Morgan fingerprint density at radius 2 is 1.79 bits per heavy atom. The van der Waals surface area contributed by atoms with E-state index in [9.17, 15) is 4.79 Å². The van der Waals surface area contributed by atoms with Gasteiger partial charge in [-0.1, -0.05) is 41.2 Å². The highest BCUT2D eigenvalue weighted by Gasteiger charge is 2.12. The summed E-state index contributed by atoms with van der Waals surface area (Å²) in [7, 11) is 0. The molecule has 0 aliphatic carbocycles. The molecule has 24 heavy (non-hydrogen) atoms. The standard InChI is InChI=1S/C18H15N3OS2/c1-10-4-3-5-12(8-10)9-15(22)21-18-20-14-7-6-13-16(17(14)24-18)23-11(2)19-13/h3-8H,9H2,1-2H3,(H,20,21,22). The van der Waals surface area contributed by atoms with Gasteiger partial charge < -0.3 is 5.32 Å². The summed E-state index contributed by atoms with van der Waals surface area (Å²) in [5.41, 5.74) is 4.06. The molecule has 4 aromatic rings. The van der Waals surface area contributed by atoms with Gasteiger partial charge in [-0.05, 0) is 31.5 Å². The van der Waals surface area contributed by atoms with Crippen molar-refractivity contribution in [2.24, 2.45) is 0 Å². The number of hydrogen-bond acceptors (Lipinski definition) is 5. The maximum atomic E-state index is 12.3. The third kappa shape index (κ3) is 2.90. The summed E-state index contributed by atoms with van der Waals surface area (Å²) in [6, 6.07) is 11.9. The normalized spacial score (nSPS) is 11.2. The first-order valence-electron chi connectivity index (χ1n) is 7.60. The van der Waals surface area contributed by atoms with Crippen molar-refractivity contribution in [2.75, 3.05) is 5.32 Å². The fourth-order valence-electron chi connectivity index (χ4n) is 2.71. The monoisotopic (exact) mass is 353 g/mol. The number of rotatable bonds is 3. The van der Waals surface area contributed by atoms with E-state index < -0.39 is 0 Å². The first-order valence-corrected chi connectivity index (χ1v) is 9.24. The van der Waals surface area contributed by atoms with E-state index in [1.54, 1.807) is 11.3 Å². The van der Waals surface area contributed by atoms with E-state index in [1.165, 1.54) is 11.3 Å². The number of nitrogens with zero attached hydrogens (tertiary/aromatic N) is 2. The van der Waals surface area contributed by atoms with Crippen LogP contribution in [0.4, 0.5) is 5.13 Å². The average molecular weight is 353 g/mol. The van der Waals surface area contributed by atoms with Gasteiger partial charge in [0.25, 0.3) is 0 Å². The number of carbonyl (C=O) groups excluding carboxylic acids is 1. The maximum absolute atomic E-state index is 12.3. The van der Waals surface area contributed by atoms with E-state index in [-0.39, 0.29) is 5.91 Å². The van der Waals surface area contributed by atoms with Crippen molar-refractivity contribution in [2.45, 2.75) is 20.3 Å². The van der Waals surface area contributed by atoms with Crippen LogP contribution in [-0.4, -0.2) is 15.9 Å². The topological polar surface area (TPSA) is 54.9 Å². The molecule has 0 radical (unpaired) electrons. The SMILES string of the molecule is Cc1cccc(CC(=O)Nc2nc3ccc4nc(C)sc4c3s2)c1. The molecule has 0 aliphatic heterocycles. The second-order valence-electron chi connectivity index (χ2n) is 5.73. The number of carbonyl (C=O) groups is 1. The smallest absolute Gasteiger partial charge is 0.230 e. The summed E-state index contributed by atoms with van der Waals surface area (Å²) >= 11 is 3.17. The third-order valence-electron chi connectivity index (χ3n) is 3.71. The van der Waals surface area contributed by atoms with Gasteiger partial charge in [0.1, 0.15) is 0 Å². The summed E-state index contributed by atoms with van der Waals surface area (Å²) in [5.74, 6) is -0.0450. The van der Waals surface area contributed by atoms with Crippen LogP contribution in [0.1, 0.15) is 16.1 Å². The molecule has 2 aromatic heterocycles. The number of anilines is 1. The van der Waals surface area contributed by atoms with Gasteiger partial charge in [-0.2, -0.15) is 0 Å². The summed E-state index contributed by atoms with van der Waals surface area (Å²) in [4.78, 5) is 21.3. The van der Waals surface area contributed by atoms with Crippen LogP contribution in [0, 0.1) is 13.8 Å². The van der Waals surface area contributed by atoms with Crippen molar-refractivity contribution in [1.29, 1.82) is 0 Å². The molecule has 0 fully saturated rings. The average Bonchev–Trinajstić information content (AvgIpc) is 3.08. The second-order valence-corrected chi connectivity index (χ2v) is 7.93. The molecule has 2 heterocycles. The van der Waals surface area contributed by atoms with Gasteiger partial charge >= 0.3 is 0 Å². The molecule has 120 valence electrons. The van der Waals surface area contributed by atoms with Crippen molar-refractivity contribution in [3.63, 3.8) is 0 Å². The number of benzene rings is 2. The van der Waals surface area contributed by atoms with Crippen LogP contribution in [-0.2, 0) is 11.2 Å². The molecule has 0 bridgehead atoms. The molecule has 6 heteroatoms. The van der Waals surface area contributed by atoms with Gasteiger partial charge in [-0.25, -0.2) is 9.97 Å². The Morgan fingerprint density at radius 1 is 1.04 bits per heavy atom. The van der Waals surface area contributed by atoms with Crippen molar-refractivity contribution in [3.8, 4) is 0 Å². The highest BCUT2D eigenvalue weighted by Crippen LogP contribution is 2.35. The number of amides is 1. The van der Waals surface area contributed by atoms with Crippen molar-refractivity contribution < 1.29 is 4.79 Å². The minimum absolute atomic E-state index is 0.0450. The molecule has 2 aromatic carbocycles. The van der Waals surface area contributed by atoms with Crippen LogP contribution in [0.15, 0.2) is 36.4 Å². The van der Waals surface area contributed by atoms with Crippen molar-refractivity contribution in [3.05, 3.63) is 52.5 Å². The van der Waals surface area contributed by atoms with E-state index in [0.717, 1.165) is 36.6 Å². The minimum Gasteiger partial charge on any atom is -0.302 e. The fourth-order valence-corrected chi connectivity index (χ4v) is 4.73. The number of nitrogens with one attached hydrogen (secondary N) is 1. The quantitative estimate of drug-likeness (QED) is 0.580. The Hall–Kier alpha value is -2.31. The van der Waals surface area contributed by atoms with Gasteiger partial charge in [-0.15, -0.1) is 11.3 Å². The number of aromatic nitrogens is 2. The molecule has 1 N–H and O–H groups in total.